The summed E-state index contributed by atoms with van der Waals surface area (Å²) >= 11 is 0. The zero-order valence-electron chi connectivity index (χ0n) is 11.0. The van der Waals surface area contributed by atoms with Crippen LogP contribution in [0.3, 0.4) is 0 Å². The first-order valence-corrected chi connectivity index (χ1v) is 6.29. The summed E-state index contributed by atoms with van der Waals surface area (Å²) in [7, 11) is 0. The predicted molar refractivity (Wildman–Crippen MR) is 78.4 cm³/mol. The Balaban J connectivity index is 0.000000199. The van der Waals surface area contributed by atoms with Gasteiger partial charge in [-0.1, -0.05) is 66.2 Å². The lowest BCUT2D eigenvalue weighted by Crippen LogP contribution is -2.21. The van der Waals surface area contributed by atoms with Crippen LogP contribution in [0.4, 0.5) is 0 Å². The molecule has 0 aromatic heterocycles. The fraction of sp³-hybridized carbons (Fsp3) is 0.250. The number of nitrogens with two attached hydrogens (primary N) is 1. The smallest absolute Gasteiger partial charge is 0.0206 e. The predicted octanol–water partition coefficient (Wildman–Crippen LogP) is 2.73. The third kappa shape index (κ3) is 6.84. The van der Waals surface area contributed by atoms with Crippen molar-refractivity contribution in [3.05, 3.63) is 71.8 Å². The molecule has 0 aliphatic heterocycles. The third-order valence-corrected chi connectivity index (χ3v) is 2.43. The van der Waals surface area contributed by atoms with Gasteiger partial charge in [-0.05, 0) is 12.5 Å². The number of benzene rings is 2. The van der Waals surface area contributed by atoms with Gasteiger partial charge in [0.2, 0.25) is 0 Å². The minimum Gasteiger partial charge on any atom is -0.329 e. The van der Waals surface area contributed by atoms with Crippen LogP contribution < -0.4 is 11.1 Å². The summed E-state index contributed by atoms with van der Waals surface area (Å²) in [5.41, 5.74) is 7.96. The number of hydrogen-bond donors (Lipinski definition) is 2. The van der Waals surface area contributed by atoms with E-state index in [2.05, 4.69) is 36.5 Å². The first-order chi connectivity index (χ1) is 8.83. The zero-order valence-corrected chi connectivity index (χ0v) is 11.0. The quantitative estimate of drug-likeness (QED) is 0.809. The van der Waals surface area contributed by atoms with Crippen molar-refractivity contribution in [2.24, 2.45) is 5.73 Å². The standard InChI is InChI=1S/C9H14N2.C7H8/c10-6-7-11-8-9-4-2-1-3-5-9;1-7-5-3-2-4-6-7/h1-5,11H,6-8,10H2;2-6H,1H3. The molecule has 2 nitrogen and oxygen atoms in total. The highest BCUT2D eigenvalue weighted by molar-refractivity contribution is 5.14. The summed E-state index contributed by atoms with van der Waals surface area (Å²) in [6, 6.07) is 20.6. The van der Waals surface area contributed by atoms with Gasteiger partial charge in [-0.3, -0.25) is 0 Å². The van der Waals surface area contributed by atoms with E-state index in [0.717, 1.165) is 13.1 Å². The molecule has 0 spiro atoms. The van der Waals surface area contributed by atoms with E-state index in [1.807, 2.05) is 36.4 Å². The van der Waals surface area contributed by atoms with Gasteiger partial charge in [-0.25, -0.2) is 0 Å². The molecule has 2 aromatic carbocycles. The third-order valence-electron chi connectivity index (χ3n) is 2.43. The lowest BCUT2D eigenvalue weighted by Gasteiger charge is -2.01. The Kier molecular flexibility index (Phi) is 7.53. The van der Waals surface area contributed by atoms with Crippen molar-refractivity contribution in [1.82, 2.24) is 5.32 Å². The summed E-state index contributed by atoms with van der Waals surface area (Å²) < 4.78 is 0. The number of hydrogen-bond acceptors (Lipinski definition) is 2. The SMILES string of the molecule is Cc1ccccc1.NCCNCc1ccccc1. The van der Waals surface area contributed by atoms with E-state index in [4.69, 9.17) is 5.73 Å². The Morgan fingerprint density at radius 2 is 1.44 bits per heavy atom. The highest BCUT2D eigenvalue weighted by atomic mass is 14.9. The second-order valence-corrected chi connectivity index (χ2v) is 4.11. The largest absolute Gasteiger partial charge is 0.329 e. The van der Waals surface area contributed by atoms with Gasteiger partial charge < -0.3 is 11.1 Å². The van der Waals surface area contributed by atoms with Crippen LogP contribution in [-0.2, 0) is 6.54 Å². The average Bonchev–Trinajstić information content (AvgIpc) is 2.42. The molecule has 0 saturated carbocycles. The highest BCUT2D eigenvalue weighted by Gasteiger charge is 1.87. The maximum Gasteiger partial charge on any atom is 0.0206 e. The van der Waals surface area contributed by atoms with Gasteiger partial charge >= 0.3 is 0 Å². The lowest BCUT2D eigenvalue weighted by atomic mass is 10.2. The first-order valence-electron chi connectivity index (χ1n) is 6.29. The normalized spacial score (nSPS) is 9.44. The number of aryl methyl sites for hydroxylation is 1. The Hall–Kier alpha value is -1.64. The van der Waals surface area contributed by atoms with Gasteiger partial charge in [0.05, 0.1) is 0 Å². The molecule has 96 valence electrons. The van der Waals surface area contributed by atoms with Gasteiger partial charge in [0, 0.05) is 19.6 Å². The van der Waals surface area contributed by atoms with E-state index in [0.29, 0.717) is 6.54 Å². The van der Waals surface area contributed by atoms with Crippen LogP contribution in [0.15, 0.2) is 60.7 Å². The molecule has 0 bridgehead atoms. The van der Waals surface area contributed by atoms with Crippen LogP contribution in [0.5, 0.6) is 0 Å². The van der Waals surface area contributed by atoms with Crippen molar-refractivity contribution >= 4 is 0 Å². The van der Waals surface area contributed by atoms with E-state index in [-0.39, 0.29) is 0 Å². The van der Waals surface area contributed by atoms with E-state index in [1.54, 1.807) is 0 Å². The molecule has 2 heteroatoms. The fourth-order valence-corrected chi connectivity index (χ4v) is 1.47. The molecule has 0 unspecified atom stereocenters. The fourth-order valence-electron chi connectivity index (χ4n) is 1.47. The van der Waals surface area contributed by atoms with Crippen LogP contribution in [0.25, 0.3) is 0 Å². The molecule has 0 aliphatic carbocycles. The van der Waals surface area contributed by atoms with Gasteiger partial charge in [-0.15, -0.1) is 0 Å². The number of nitrogens with one attached hydrogen (secondary N) is 1. The first kappa shape index (κ1) is 14.4. The van der Waals surface area contributed by atoms with Crippen LogP contribution in [0.2, 0.25) is 0 Å². The van der Waals surface area contributed by atoms with Crippen LogP contribution >= 0.6 is 0 Å². The summed E-state index contributed by atoms with van der Waals surface area (Å²) in [5.74, 6) is 0. The molecule has 0 heterocycles. The molecule has 0 saturated heterocycles. The van der Waals surface area contributed by atoms with Crippen LogP contribution in [-0.4, -0.2) is 13.1 Å². The molecule has 2 aromatic rings. The van der Waals surface area contributed by atoms with Crippen LogP contribution in [0.1, 0.15) is 11.1 Å². The second-order valence-electron chi connectivity index (χ2n) is 4.11. The molecule has 3 N–H and O–H groups in total. The van der Waals surface area contributed by atoms with Gasteiger partial charge in [0.15, 0.2) is 0 Å². The van der Waals surface area contributed by atoms with Crippen molar-refractivity contribution in [3.8, 4) is 0 Å². The Labute approximate surface area is 110 Å². The van der Waals surface area contributed by atoms with E-state index < -0.39 is 0 Å². The van der Waals surface area contributed by atoms with Crippen LogP contribution in [0, 0.1) is 6.92 Å². The molecule has 0 atom stereocenters. The van der Waals surface area contributed by atoms with Gasteiger partial charge in [0.1, 0.15) is 0 Å². The van der Waals surface area contributed by atoms with Crippen molar-refractivity contribution < 1.29 is 0 Å². The molecule has 0 aliphatic rings. The molecule has 0 radical (unpaired) electrons. The second kappa shape index (κ2) is 9.40. The molecule has 18 heavy (non-hydrogen) atoms. The summed E-state index contributed by atoms with van der Waals surface area (Å²) in [6.07, 6.45) is 0. The van der Waals surface area contributed by atoms with E-state index >= 15 is 0 Å². The van der Waals surface area contributed by atoms with Gasteiger partial charge in [-0.2, -0.15) is 0 Å². The monoisotopic (exact) mass is 242 g/mol. The highest BCUT2D eigenvalue weighted by Crippen LogP contribution is 1.96. The minimum absolute atomic E-state index is 0.701. The maximum absolute atomic E-state index is 5.33. The summed E-state index contributed by atoms with van der Waals surface area (Å²) in [5, 5.41) is 3.23. The maximum atomic E-state index is 5.33. The Morgan fingerprint density at radius 1 is 0.889 bits per heavy atom. The molecule has 0 fully saturated rings. The lowest BCUT2D eigenvalue weighted by molar-refractivity contribution is 0.695. The summed E-state index contributed by atoms with van der Waals surface area (Å²) in [4.78, 5) is 0. The molecule has 2 rings (SSSR count). The van der Waals surface area contributed by atoms with E-state index in [9.17, 15) is 0 Å². The average molecular weight is 242 g/mol. The zero-order chi connectivity index (χ0) is 13.1. The molecule has 0 amide bonds. The minimum atomic E-state index is 0.701. The molecular formula is C16H22N2. The number of rotatable bonds is 4. The van der Waals surface area contributed by atoms with Crippen molar-refractivity contribution in [2.75, 3.05) is 13.1 Å². The summed E-state index contributed by atoms with van der Waals surface area (Å²) in [6.45, 7) is 4.58. The topological polar surface area (TPSA) is 38.0 Å². The molecular weight excluding hydrogens is 220 g/mol. The van der Waals surface area contributed by atoms with Crippen molar-refractivity contribution in [1.29, 1.82) is 0 Å². The van der Waals surface area contributed by atoms with Crippen molar-refractivity contribution in [3.63, 3.8) is 0 Å². The Morgan fingerprint density at radius 3 is 1.89 bits per heavy atom. The van der Waals surface area contributed by atoms with Crippen molar-refractivity contribution in [2.45, 2.75) is 13.5 Å². The van der Waals surface area contributed by atoms with Gasteiger partial charge in [0.25, 0.3) is 0 Å². The Bertz CT molecular complexity index is 398. The van der Waals surface area contributed by atoms with E-state index in [1.165, 1.54) is 11.1 Å².